The SMILES string of the molecule is CCO.CCO.CCO.[AlH3].[H-].[H-].[H-].[H-].[HH].[Li+].[Li+].[Li+].[Li+]. The van der Waals surface area contributed by atoms with E-state index in [1.807, 2.05) is 0 Å². The zero-order valence-corrected chi connectivity index (χ0v) is 10.5. The maximum absolute atomic E-state index is 7.57. The Kier molecular flexibility index (Phi) is 398. The molecular formula is C6H27AlLi4O3. The fourth-order valence-corrected chi connectivity index (χ4v) is 0. The van der Waals surface area contributed by atoms with Gasteiger partial charge in [-0.25, -0.2) is 0 Å². The minimum absolute atomic E-state index is 0. The molecule has 3 nitrogen and oxygen atoms in total. The average molecular weight is 202 g/mol. The zero-order valence-electron chi connectivity index (χ0n) is 14.5. The number of aliphatic hydroxyl groups excluding tert-OH is 3. The summed E-state index contributed by atoms with van der Waals surface area (Å²) in [7, 11) is 0. The summed E-state index contributed by atoms with van der Waals surface area (Å²) in [6, 6.07) is 0. The summed E-state index contributed by atoms with van der Waals surface area (Å²) in [5, 5.41) is 22.7. The Bertz CT molecular complexity index is 45.6. The molecule has 76 valence electrons. The largest absolute Gasteiger partial charge is 1.00 e. The smallest absolute Gasteiger partial charge is 1.00 e. The van der Waals surface area contributed by atoms with Crippen molar-refractivity contribution in [3.05, 3.63) is 0 Å². The number of hydrogen-bond acceptors (Lipinski definition) is 3. The molecule has 0 unspecified atom stereocenters. The normalized spacial score (nSPS) is 3.86. The van der Waals surface area contributed by atoms with Crippen LogP contribution in [0.5, 0.6) is 0 Å². The van der Waals surface area contributed by atoms with Gasteiger partial charge in [-0.05, 0) is 20.8 Å². The Morgan fingerprint density at radius 1 is 0.714 bits per heavy atom. The maximum Gasteiger partial charge on any atom is 1.00 e. The van der Waals surface area contributed by atoms with Crippen LogP contribution in [0.15, 0.2) is 0 Å². The van der Waals surface area contributed by atoms with Crippen LogP contribution < -0.4 is 75.4 Å². The third kappa shape index (κ3) is 359. The van der Waals surface area contributed by atoms with Crippen molar-refractivity contribution in [3.8, 4) is 0 Å². The summed E-state index contributed by atoms with van der Waals surface area (Å²) in [6.45, 7) is 5.79. The number of aliphatic hydroxyl groups is 3. The Morgan fingerprint density at radius 2 is 0.714 bits per heavy atom. The predicted octanol–water partition coefficient (Wildman–Crippen LogP) is -12.5. The van der Waals surface area contributed by atoms with Crippen LogP contribution in [0.25, 0.3) is 0 Å². The monoisotopic (exact) mass is 202 g/mol. The van der Waals surface area contributed by atoms with Gasteiger partial charge in [0.2, 0.25) is 0 Å². The molecule has 0 aromatic rings. The molecule has 0 aromatic carbocycles. The molecule has 3 N–H and O–H groups in total. The molecular weight excluding hydrogens is 175 g/mol. The molecule has 14 heavy (non-hydrogen) atoms. The summed E-state index contributed by atoms with van der Waals surface area (Å²) in [5.74, 6) is 0. The zero-order chi connectivity index (χ0) is 8.12. The van der Waals surface area contributed by atoms with E-state index >= 15 is 0 Å². The van der Waals surface area contributed by atoms with E-state index in [1.54, 1.807) is 20.8 Å². The summed E-state index contributed by atoms with van der Waals surface area (Å²) in [5.41, 5.74) is 0. The van der Waals surface area contributed by atoms with Crippen LogP contribution in [0.4, 0.5) is 0 Å². The molecule has 0 saturated heterocycles. The predicted molar refractivity (Wildman–Crippen MR) is 54.8 cm³/mol. The first kappa shape index (κ1) is 54.2. The summed E-state index contributed by atoms with van der Waals surface area (Å²) >= 11 is 0. The van der Waals surface area contributed by atoms with Gasteiger partial charge in [0.05, 0.1) is 0 Å². The van der Waals surface area contributed by atoms with E-state index in [-0.39, 0.29) is 120 Å². The molecule has 0 aliphatic heterocycles. The minimum atomic E-state index is 0. The van der Waals surface area contributed by atoms with Gasteiger partial charge in [-0.15, -0.1) is 0 Å². The van der Waals surface area contributed by atoms with Gasteiger partial charge < -0.3 is 21.0 Å². The van der Waals surface area contributed by atoms with Crippen LogP contribution in [-0.2, 0) is 0 Å². The van der Waals surface area contributed by atoms with Crippen molar-refractivity contribution in [3.63, 3.8) is 0 Å². The van der Waals surface area contributed by atoms with E-state index in [9.17, 15) is 0 Å². The maximum atomic E-state index is 7.57. The fourth-order valence-electron chi connectivity index (χ4n) is 0. The quantitative estimate of drug-likeness (QED) is 0.342. The van der Waals surface area contributed by atoms with Crippen LogP contribution in [-0.4, -0.2) is 52.5 Å². The van der Waals surface area contributed by atoms with Gasteiger partial charge in [-0.1, -0.05) is 0 Å². The first-order valence-corrected chi connectivity index (χ1v) is 3.07. The van der Waals surface area contributed by atoms with Gasteiger partial charge >= 0.3 is 75.4 Å². The molecule has 0 aromatic heterocycles. The molecule has 0 saturated carbocycles. The molecule has 0 radical (unpaired) electrons. The molecule has 0 bridgehead atoms. The van der Waals surface area contributed by atoms with E-state index < -0.39 is 0 Å². The molecule has 0 atom stereocenters. The van der Waals surface area contributed by atoms with Gasteiger partial charge in [0, 0.05) is 21.2 Å². The second-order valence-electron chi connectivity index (χ2n) is 0.949. The molecule has 0 rings (SSSR count). The van der Waals surface area contributed by atoms with E-state index in [1.165, 1.54) is 0 Å². The van der Waals surface area contributed by atoms with Crippen molar-refractivity contribution in [2.24, 2.45) is 0 Å². The number of rotatable bonds is 0. The summed E-state index contributed by atoms with van der Waals surface area (Å²) in [6.07, 6.45) is 0. The summed E-state index contributed by atoms with van der Waals surface area (Å²) < 4.78 is 0. The van der Waals surface area contributed by atoms with E-state index in [0.29, 0.717) is 0 Å². The van der Waals surface area contributed by atoms with E-state index in [4.69, 9.17) is 15.3 Å². The van der Waals surface area contributed by atoms with Crippen molar-refractivity contribution in [1.82, 2.24) is 0 Å². The second kappa shape index (κ2) is 103. The molecule has 0 amide bonds. The Labute approximate surface area is 154 Å². The van der Waals surface area contributed by atoms with Gasteiger partial charge in [-0.3, -0.25) is 0 Å². The van der Waals surface area contributed by atoms with Crippen LogP contribution in [0.1, 0.15) is 27.9 Å². The molecule has 0 aliphatic rings. The second-order valence-corrected chi connectivity index (χ2v) is 0.949. The topological polar surface area (TPSA) is 60.7 Å². The van der Waals surface area contributed by atoms with Gasteiger partial charge in [0.1, 0.15) is 0 Å². The molecule has 0 heterocycles. The van der Waals surface area contributed by atoms with Crippen molar-refractivity contribution in [2.45, 2.75) is 20.8 Å². The van der Waals surface area contributed by atoms with Gasteiger partial charge in [0.15, 0.2) is 17.4 Å². The van der Waals surface area contributed by atoms with Crippen molar-refractivity contribution < 1.29 is 97.9 Å². The molecule has 8 heteroatoms. The molecule has 0 aliphatic carbocycles. The third-order valence-corrected chi connectivity index (χ3v) is 0. The Balaban J connectivity index is -0.00000000205. The van der Waals surface area contributed by atoms with Crippen LogP contribution in [0.3, 0.4) is 0 Å². The third-order valence-electron chi connectivity index (χ3n) is 0. The number of hydrogen-bond donors (Lipinski definition) is 3. The average Bonchev–Trinajstić information content (AvgIpc) is 1.70. The Morgan fingerprint density at radius 3 is 0.714 bits per heavy atom. The van der Waals surface area contributed by atoms with E-state index in [0.717, 1.165) is 0 Å². The van der Waals surface area contributed by atoms with Gasteiger partial charge in [0.25, 0.3) is 0 Å². The van der Waals surface area contributed by atoms with Crippen molar-refractivity contribution in [1.29, 1.82) is 0 Å². The van der Waals surface area contributed by atoms with Crippen LogP contribution >= 0.6 is 0 Å². The summed E-state index contributed by atoms with van der Waals surface area (Å²) in [4.78, 5) is 0. The van der Waals surface area contributed by atoms with Crippen LogP contribution in [0, 0.1) is 0 Å². The molecule has 0 fully saturated rings. The first-order chi connectivity index (χ1) is 4.24. The standard InChI is InChI=1S/3C2H6O.Al.4Li.H2.7H/c3*1-2-3;;;;;;;;;;;;;/h3*3H,2H2,1H3;;;;;;1H;;;;;;;/q;;;;4*+1;;;;;4*-1. The minimum Gasteiger partial charge on any atom is -1.00 e. The molecule has 0 spiro atoms. The Hall–Kier alpha value is 2.80. The van der Waals surface area contributed by atoms with Crippen molar-refractivity contribution >= 4 is 17.4 Å². The van der Waals surface area contributed by atoms with Crippen molar-refractivity contribution in [2.75, 3.05) is 19.8 Å². The van der Waals surface area contributed by atoms with Gasteiger partial charge in [-0.2, -0.15) is 0 Å². The first-order valence-electron chi connectivity index (χ1n) is 3.07. The fraction of sp³-hybridized carbons (Fsp3) is 1.00. The van der Waals surface area contributed by atoms with E-state index in [2.05, 4.69) is 0 Å². The van der Waals surface area contributed by atoms with Crippen LogP contribution in [0.2, 0.25) is 0 Å².